The highest BCUT2D eigenvalue weighted by molar-refractivity contribution is 5.92. The monoisotopic (exact) mass is 414 g/mol. The third kappa shape index (κ3) is 3.27. The van der Waals surface area contributed by atoms with Gasteiger partial charge in [0.1, 0.15) is 23.1 Å². The molecule has 0 saturated heterocycles. The molecule has 1 heterocycles. The van der Waals surface area contributed by atoms with E-state index in [-0.39, 0.29) is 29.1 Å². The third-order valence-electron chi connectivity index (χ3n) is 6.34. The van der Waals surface area contributed by atoms with E-state index >= 15 is 0 Å². The van der Waals surface area contributed by atoms with Crippen molar-refractivity contribution in [2.24, 2.45) is 5.92 Å². The minimum Gasteiger partial charge on any atom is -0.380 e. The third-order valence-corrected chi connectivity index (χ3v) is 6.34. The maximum atomic E-state index is 14.4. The summed E-state index contributed by atoms with van der Waals surface area (Å²) >= 11 is 0. The summed E-state index contributed by atoms with van der Waals surface area (Å²) in [4.78, 5) is 15.0. The second kappa shape index (κ2) is 6.87. The Balaban J connectivity index is 1.42. The van der Waals surface area contributed by atoms with Crippen molar-refractivity contribution in [2.45, 2.75) is 37.2 Å². The number of fused-ring (bicyclic) bond motifs is 1. The number of hydrogen-bond acceptors (Lipinski definition) is 2. The Labute approximate surface area is 171 Å². The van der Waals surface area contributed by atoms with Crippen molar-refractivity contribution in [1.29, 1.82) is 0 Å². The van der Waals surface area contributed by atoms with Crippen LogP contribution in [0.15, 0.2) is 36.4 Å². The number of hydrogen-bond donors (Lipinski definition) is 3. The van der Waals surface area contributed by atoms with Crippen molar-refractivity contribution in [1.82, 2.24) is 10.3 Å². The van der Waals surface area contributed by atoms with Gasteiger partial charge in [-0.1, -0.05) is 0 Å². The Bertz CT molecular complexity index is 1130. The summed E-state index contributed by atoms with van der Waals surface area (Å²) in [5.41, 5.74) is 1.23. The highest BCUT2D eigenvalue weighted by Gasteiger charge is 2.48. The van der Waals surface area contributed by atoms with E-state index in [1.54, 1.807) is 12.1 Å². The van der Waals surface area contributed by atoms with Gasteiger partial charge in [-0.3, -0.25) is 4.79 Å². The van der Waals surface area contributed by atoms with Crippen LogP contribution in [0.4, 0.5) is 13.2 Å². The summed E-state index contributed by atoms with van der Waals surface area (Å²) in [5.74, 6) is -1.72. The van der Waals surface area contributed by atoms with Gasteiger partial charge in [0.25, 0.3) is 5.91 Å². The Morgan fingerprint density at radius 1 is 1.10 bits per heavy atom. The van der Waals surface area contributed by atoms with Crippen molar-refractivity contribution in [3.8, 4) is 11.3 Å². The Kier molecular flexibility index (Phi) is 4.39. The number of benzene rings is 2. The van der Waals surface area contributed by atoms with Crippen molar-refractivity contribution < 1.29 is 23.1 Å². The van der Waals surface area contributed by atoms with Crippen LogP contribution in [0.25, 0.3) is 22.2 Å². The molecule has 2 aliphatic carbocycles. The molecule has 3 aromatic rings. The second-order valence-corrected chi connectivity index (χ2v) is 8.51. The highest BCUT2D eigenvalue weighted by Crippen LogP contribution is 2.48. The fourth-order valence-electron chi connectivity index (χ4n) is 4.39. The lowest BCUT2D eigenvalue weighted by Crippen LogP contribution is -2.41. The summed E-state index contributed by atoms with van der Waals surface area (Å²) in [5, 5.41) is 13.1. The quantitative estimate of drug-likeness (QED) is 0.580. The van der Waals surface area contributed by atoms with E-state index in [4.69, 9.17) is 0 Å². The number of rotatable bonds is 5. The van der Waals surface area contributed by atoms with E-state index in [0.29, 0.717) is 36.0 Å². The minimum absolute atomic E-state index is 0.0610. The van der Waals surface area contributed by atoms with Crippen LogP contribution < -0.4 is 5.32 Å². The van der Waals surface area contributed by atoms with Crippen molar-refractivity contribution in [3.63, 3.8) is 0 Å². The fourth-order valence-corrected chi connectivity index (χ4v) is 4.39. The van der Waals surface area contributed by atoms with Crippen LogP contribution in [0.2, 0.25) is 0 Å². The molecule has 1 aromatic heterocycles. The summed E-state index contributed by atoms with van der Waals surface area (Å²) in [7, 11) is 0. The lowest BCUT2D eigenvalue weighted by Gasteiger charge is -2.36. The molecule has 0 bridgehead atoms. The summed E-state index contributed by atoms with van der Waals surface area (Å²) in [6, 6.07) is 8.08. The number of amides is 1. The molecule has 30 heavy (non-hydrogen) atoms. The lowest BCUT2D eigenvalue weighted by molar-refractivity contribution is -0.131. The van der Waals surface area contributed by atoms with Crippen LogP contribution >= 0.6 is 0 Å². The molecule has 3 N–H and O–H groups in total. The van der Waals surface area contributed by atoms with Gasteiger partial charge in [0.15, 0.2) is 0 Å². The van der Waals surface area contributed by atoms with E-state index in [9.17, 15) is 23.1 Å². The van der Waals surface area contributed by atoms with Gasteiger partial charge in [-0.2, -0.15) is 0 Å². The maximum absolute atomic E-state index is 14.4. The van der Waals surface area contributed by atoms with Gasteiger partial charge in [0, 0.05) is 18.0 Å². The molecule has 1 amide bonds. The molecular weight excluding hydrogens is 393 g/mol. The lowest BCUT2D eigenvalue weighted by atomic mass is 9.70. The molecule has 5 rings (SSSR count). The molecule has 0 aliphatic heterocycles. The SMILES string of the molecule is O=C(NC[C@H]1C[C@H](c2c(-c3ccc(F)cc3)[nH]c3c(F)cc(F)cc32)C1)C1(O)CC1. The number of H-pyrrole nitrogens is 1. The molecule has 7 heteroatoms. The van der Waals surface area contributed by atoms with Crippen LogP contribution in [-0.2, 0) is 4.79 Å². The summed E-state index contributed by atoms with van der Waals surface area (Å²) < 4.78 is 41.7. The van der Waals surface area contributed by atoms with E-state index in [0.717, 1.165) is 24.5 Å². The molecule has 4 nitrogen and oxygen atoms in total. The Morgan fingerprint density at radius 3 is 2.47 bits per heavy atom. The Morgan fingerprint density at radius 2 is 1.80 bits per heavy atom. The topological polar surface area (TPSA) is 65.1 Å². The van der Waals surface area contributed by atoms with Crippen molar-refractivity contribution in [2.75, 3.05) is 6.54 Å². The molecular formula is C23H21F3N2O2. The fraction of sp³-hybridized carbons (Fsp3) is 0.348. The molecule has 0 atom stereocenters. The smallest absolute Gasteiger partial charge is 0.251 e. The van der Waals surface area contributed by atoms with Crippen LogP contribution in [0.1, 0.15) is 37.2 Å². The van der Waals surface area contributed by atoms with Gasteiger partial charge in [-0.25, -0.2) is 13.2 Å². The van der Waals surface area contributed by atoms with Crippen molar-refractivity contribution >= 4 is 16.8 Å². The Hall–Kier alpha value is -2.80. The molecule has 156 valence electrons. The predicted octanol–water partition coefficient (Wildman–Crippen LogP) is 4.39. The number of aromatic amines is 1. The average Bonchev–Trinajstić information content (AvgIpc) is 3.32. The zero-order chi connectivity index (χ0) is 21.0. The van der Waals surface area contributed by atoms with Gasteiger partial charge in [0.05, 0.1) is 11.2 Å². The molecule has 0 unspecified atom stereocenters. The zero-order valence-corrected chi connectivity index (χ0v) is 16.1. The largest absolute Gasteiger partial charge is 0.380 e. The van der Waals surface area contributed by atoms with E-state index in [1.165, 1.54) is 18.2 Å². The molecule has 0 spiro atoms. The number of aromatic nitrogens is 1. The van der Waals surface area contributed by atoms with E-state index in [1.807, 2.05) is 0 Å². The first-order chi connectivity index (χ1) is 14.3. The second-order valence-electron chi connectivity index (χ2n) is 8.51. The predicted molar refractivity (Wildman–Crippen MR) is 106 cm³/mol. The highest BCUT2D eigenvalue weighted by atomic mass is 19.1. The number of halogens is 3. The molecule has 2 aliphatic rings. The van der Waals surface area contributed by atoms with Crippen LogP contribution in [0.5, 0.6) is 0 Å². The van der Waals surface area contributed by atoms with Crippen molar-refractivity contribution in [3.05, 3.63) is 59.4 Å². The average molecular weight is 414 g/mol. The zero-order valence-electron chi connectivity index (χ0n) is 16.1. The van der Waals surface area contributed by atoms with Gasteiger partial charge < -0.3 is 15.4 Å². The van der Waals surface area contributed by atoms with E-state index in [2.05, 4.69) is 10.3 Å². The number of carbonyl (C=O) groups is 1. The van der Waals surface area contributed by atoms with Crippen LogP contribution in [0.3, 0.4) is 0 Å². The first-order valence-corrected chi connectivity index (χ1v) is 10.1. The number of aliphatic hydroxyl groups is 1. The number of nitrogens with one attached hydrogen (secondary N) is 2. The molecule has 0 radical (unpaired) electrons. The molecule has 2 fully saturated rings. The summed E-state index contributed by atoms with van der Waals surface area (Å²) in [6.07, 6.45) is 2.50. The van der Waals surface area contributed by atoms with Gasteiger partial charge in [-0.15, -0.1) is 0 Å². The van der Waals surface area contributed by atoms with Crippen LogP contribution in [0, 0.1) is 23.4 Å². The number of carbonyl (C=O) groups excluding carboxylic acids is 1. The first-order valence-electron chi connectivity index (χ1n) is 10.1. The van der Waals surface area contributed by atoms with Gasteiger partial charge in [0.2, 0.25) is 0 Å². The van der Waals surface area contributed by atoms with E-state index < -0.39 is 17.2 Å². The normalized spacial score (nSPS) is 22.0. The maximum Gasteiger partial charge on any atom is 0.251 e. The van der Waals surface area contributed by atoms with Gasteiger partial charge >= 0.3 is 0 Å². The summed E-state index contributed by atoms with van der Waals surface area (Å²) in [6.45, 7) is 0.467. The first kappa shape index (κ1) is 19.2. The van der Waals surface area contributed by atoms with Crippen LogP contribution in [-0.4, -0.2) is 28.1 Å². The molecule has 2 aromatic carbocycles. The molecule has 2 saturated carbocycles. The standard InChI is InChI=1S/C23H21F3N2O2/c24-15-3-1-13(2-4-15)20-19(17-9-16(25)10-18(26)21(17)28-20)14-7-12(8-14)11-27-22(29)23(30)5-6-23/h1-4,9-10,12,14,28,30H,5-8,11H2,(H,27,29)/t12-,14-. The van der Waals surface area contributed by atoms with Gasteiger partial charge in [-0.05, 0) is 79.0 Å². The minimum atomic E-state index is -1.19.